The van der Waals surface area contributed by atoms with Crippen molar-refractivity contribution in [2.24, 2.45) is 0 Å². The average Bonchev–Trinajstić information content (AvgIpc) is 2.32. The van der Waals surface area contributed by atoms with E-state index in [2.05, 4.69) is 26.0 Å². The summed E-state index contributed by atoms with van der Waals surface area (Å²) < 4.78 is 46.3. The summed E-state index contributed by atoms with van der Waals surface area (Å²) in [5.41, 5.74) is 0.851. The van der Waals surface area contributed by atoms with Crippen molar-refractivity contribution in [2.75, 3.05) is 13.4 Å². The van der Waals surface area contributed by atoms with Crippen molar-refractivity contribution in [1.29, 1.82) is 0 Å². The number of nitrogens with one attached hydrogen (secondary N) is 1. The van der Waals surface area contributed by atoms with Crippen LogP contribution in [0.15, 0.2) is 22.7 Å². The van der Waals surface area contributed by atoms with Crippen LogP contribution in [0.5, 0.6) is 5.75 Å². The van der Waals surface area contributed by atoms with Gasteiger partial charge in [-0.3, -0.25) is 0 Å². The summed E-state index contributed by atoms with van der Waals surface area (Å²) in [4.78, 5) is 0. The molecule has 0 aliphatic rings. The summed E-state index contributed by atoms with van der Waals surface area (Å²) >= 11 is 3.35. The van der Waals surface area contributed by atoms with Crippen LogP contribution in [0.3, 0.4) is 0 Å². The predicted octanol–water partition coefficient (Wildman–Crippen LogP) is 3.86. The van der Waals surface area contributed by atoms with E-state index in [1.807, 2.05) is 19.9 Å². The lowest BCUT2D eigenvalue weighted by Crippen LogP contribution is -2.22. The molecule has 0 aliphatic carbocycles. The molecular weight excluding hydrogens is 339 g/mol. The maximum atomic E-state index is 11.9. The van der Waals surface area contributed by atoms with Gasteiger partial charge in [-0.2, -0.15) is 13.2 Å². The molecule has 0 unspecified atom stereocenters. The van der Waals surface area contributed by atoms with Crippen molar-refractivity contribution in [3.8, 4) is 5.75 Å². The smallest absolute Gasteiger partial charge is 0.411 e. The van der Waals surface area contributed by atoms with E-state index in [1.54, 1.807) is 12.1 Å². The largest absolute Gasteiger partial charge is 0.467 e. The first kappa shape index (κ1) is 17.3. The van der Waals surface area contributed by atoms with Crippen LogP contribution in [0.1, 0.15) is 19.4 Å². The Hall–Kier alpha value is -0.790. The Balaban J connectivity index is 2.55. The lowest BCUT2D eigenvalue weighted by Gasteiger charge is -2.14. The van der Waals surface area contributed by atoms with E-state index < -0.39 is 19.6 Å². The Labute approximate surface area is 124 Å². The molecule has 0 saturated heterocycles. The molecule has 0 bridgehead atoms. The fourth-order valence-corrected chi connectivity index (χ4v) is 1.81. The molecule has 1 rings (SSSR count). The Morgan fingerprint density at radius 2 is 2.00 bits per heavy atom. The molecule has 0 heterocycles. The lowest BCUT2D eigenvalue weighted by atomic mass is 10.2. The minimum atomic E-state index is -4.34. The standard InChI is InChI=1S/C13H17BrF3NO2/c1-9(2)18-6-10-5-11(14)3-4-12(10)20-8-19-7-13(15,16)17/h3-5,9,18H,6-8H2,1-2H3. The molecule has 1 aromatic rings. The zero-order valence-corrected chi connectivity index (χ0v) is 12.8. The first-order chi connectivity index (χ1) is 9.28. The van der Waals surface area contributed by atoms with E-state index in [-0.39, 0.29) is 0 Å². The Morgan fingerprint density at radius 3 is 2.60 bits per heavy atom. The molecule has 20 heavy (non-hydrogen) atoms. The number of rotatable bonds is 7. The van der Waals surface area contributed by atoms with E-state index in [4.69, 9.17) is 4.74 Å². The minimum absolute atomic E-state index is 0.295. The van der Waals surface area contributed by atoms with Gasteiger partial charge in [0, 0.05) is 22.6 Å². The van der Waals surface area contributed by atoms with Crippen LogP contribution >= 0.6 is 15.9 Å². The molecule has 0 saturated carbocycles. The first-order valence-corrected chi connectivity index (χ1v) is 6.86. The first-order valence-electron chi connectivity index (χ1n) is 6.07. The normalized spacial score (nSPS) is 11.9. The maximum absolute atomic E-state index is 11.9. The van der Waals surface area contributed by atoms with Crippen molar-refractivity contribution < 1.29 is 22.6 Å². The summed E-state index contributed by atoms with van der Waals surface area (Å²) in [5.74, 6) is 0.503. The molecule has 114 valence electrons. The molecule has 0 amide bonds. The zero-order valence-electron chi connectivity index (χ0n) is 11.3. The molecule has 1 aromatic carbocycles. The minimum Gasteiger partial charge on any atom is -0.467 e. The number of benzene rings is 1. The number of hydrogen-bond donors (Lipinski definition) is 1. The molecule has 0 aromatic heterocycles. The van der Waals surface area contributed by atoms with E-state index >= 15 is 0 Å². The second kappa shape index (κ2) is 7.85. The molecule has 0 fully saturated rings. The van der Waals surface area contributed by atoms with E-state index in [1.165, 1.54) is 0 Å². The van der Waals surface area contributed by atoms with Gasteiger partial charge in [-0.1, -0.05) is 29.8 Å². The van der Waals surface area contributed by atoms with Crippen LogP contribution < -0.4 is 10.1 Å². The third-order valence-corrected chi connectivity index (χ3v) is 2.78. The quantitative estimate of drug-likeness (QED) is 0.595. The van der Waals surface area contributed by atoms with Crippen LogP contribution in [0.4, 0.5) is 13.2 Å². The summed E-state index contributed by atoms with van der Waals surface area (Å²) in [7, 11) is 0. The van der Waals surface area contributed by atoms with E-state index in [0.717, 1.165) is 10.0 Å². The molecule has 7 heteroatoms. The third kappa shape index (κ3) is 7.12. The monoisotopic (exact) mass is 355 g/mol. The highest BCUT2D eigenvalue weighted by Crippen LogP contribution is 2.23. The summed E-state index contributed by atoms with van der Waals surface area (Å²) in [6, 6.07) is 5.61. The van der Waals surface area contributed by atoms with Gasteiger partial charge in [0.1, 0.15) is 12.4 Å². The van der Waals surface area contributed by atoms with Gasteiger partial charge in [0.15, 0.2) is 6.79 Å². The Kier molecular flexibility index (Phi) is 6.78. The van der Waals surface area contributed by atoms with Crippen molar-refractivity contribution >= 4 is 15.9 Å². The van der Waals surface area contributed by atoms with E-state index in [9.17, 15) is 13.2 Å². The van der Waals surface area contributed by atoms with Gasteiger partial charge in [-0.15, -0.1) is 0 Å². The molecule has 0 atom stereocenters. The summed E-state index contributed by atoms with van der Waals surface area (Å²) in [6.07, 6.45) is -4.34. The van der Waals surface area contributed by atoms with Gasteiger partial charge in [0.05, 0.1) is 0 Å². The van der Waals surface area contributed by atoms with Crippen molar-refractivity contribution in [3.05, 3.63) is 28.2 Å². The van der Waals surface area contributed by atoms with Crippen LogP contribution in [-0.2, 0) is 11.3 Å². The fraction of sp³-hybridized carbons (Fsp3) is 0.538. The van der Waals surface area contributed by atoms with Crippen molar-refractivity contribution in [2.45, 2.75) is 32.6 Å². The molecule has 0 spiro atoms. The number of ether oxygens (including phenoxy) is 2. The van der Waals surface area contributed by atoms with Crippen LogP contribution in [0.25, 0.3) is 0 Å². The highest BCUT2D eigenvalue weighted by Gasteiger charge is 2.27. The second-order valence-corrected chi connectivity index (χ2v) is 5.43. The third-order valence-electron chi connectivity index (χ3n) is 2.29. The highest BCUT2D eigenvalue weighted by molar-refractivity contribution is 9.10. The lowest BCUT2D eigenvalue weighted by molar-refractivity contribution is -0.186. The highest BCUT2D eigenvalue weighted by atomic mass is 79.9. The molecule has 0 radical (unpaired) electrons. The number of alkyl halides is 3. The second-order valence-electron chi connectivity index (χ2n) is 4.51. The number of hydrogen-bond acceptors (Lipinski definition) is 3. The van der Waals surface area contributed by atoms with Crippen molar-refractivity contribution in [3.63, 3.8) is 0 Å². The molecule has 0 aliphatic heterocycles. The molecule has 3 nitrogen and oxygen atoms in total. The summed E-state index contributed by atoms with van der Waals surface area (Å²) in [6.45, 7) is 2.82. The van der Waals surface area contributed by atoms with Gasteiger partial charge < -0.3 is 14.8 Å². The van der Waals surface area contributed by atoms with Gasteiger partial charge in [-0.25, -0.2) is 0 Å². The topological polar surface area (TPSA) is 30.5 Å². The van der Waals surface area contributed by atoms with Crippen molar-refractivity contribution in [1.82, 2.24) is 5.32 Å². The van der Waals surface area contributed by atoms with E-state index in [0.29, 0.717) is 18.3 Å². The molecule has 1 N–H and O–H groups in total. The molecular formula is C13H17BrF3NO2. The van der Waals surface area contributed by atoms with Crippen LogP contribution in [0, 0.1) is 0 Å². The van der Waals surface area contributed by atoms with Gasteiger partial charge in [0.25, 0.3) is 0 Å². The van der Waals surface area contributed by atoms with Gasteiger partial charge in [-0.05, 0) is 18.2 Å². The van der Waals surface area contributed by atoms with Crippen LogP contribution in [-0.4, -0.2) is 25.6 Å². The predicted molar refractivity (Wildman–Crippen MR) is 73.6 cm³/mol. The number of halogens is 4. The summed E-state index contributed by atoms with van der Waals surface area (Å²) in [5, 5.41) is 3.22. The van der Waals surface area contributed by atoms with Gasteiger partial charge in [0.2, 0.25) is 0 Å². The fourth-order valence-electron chi connectivity index (χ4n) is 1.40. The van der Waals surface area contributed by atoms with Gasteiger partial charge >= 0.3 is 6.18 Å². The Morgan fingerprint density at radius 1 is 1.30 bits per heavy atom. The SMILES string of the molecule is CC(C)NCc1cc(Br)ccc1OCOCC(F)(F)F. The van der Waals surface area contributed by atoms with Crippen LogP contribution in [0.2, 0.25) is 0 Å². The Bertz CT molecular complexity index is 425. The maximum Gasteiger partial charge on any atom is 0.411 e. The zero-order chi connectivity index (χ0) is 15.2. The average molecular weight is 356 g/mol.